The summed E-state index contributed by atoms with van der Waals surface area (Å²) in [5.74, 6) is 0. The number of hydrogen-bond donors (Lipinski definition) is 0. The molecule has 6 aromatic rings. The van der Waals surface area contributed by atoms with Crippen LogP contribution in [0.25, 0.3) is 44.5 Å². The molecule has 0 radical (unpaired) electrons. The molecule has 1 saturated heterocycles. The predicted molar refractivity (Wildman–Crippen MR) is 237 cm³/mol. The summed E-state index contributed by atoms with van der Waals surface area (Å²) in [6.07, 6.45) is 2.50. The molecule has 0 N–H and O–H groups in total. The minimum absolute atomic E-state index is 1.32. The summed E-state index contributed by atoms with van der Waals surface area (Å²) in [5.41, 5.74) is 30.0. The van der Waals surface area contributed by atoms with Crippen molar-refractivity contribution in [3.63, 3.8) is 0 Å². The molecule has 8 rings (SSSR count). The first kappa shape index (κ1) is 36.7. The molecule has 272 valence electrons. The number of anilines is 2. The Morgan fingerprint density at radius 3 is 0.944 bits per heavy atom. The van der Waals surface area contributed by atoms with Crippen LogP contribution in [0.1, 0.15) is 66.8 Å². The SMILES string of the molecule is Cc1cc(C)c(-c2cccc(-c3c(C)cc(C)cc3C)c2N2C=C[As]3N(c4c(-c5c(C)cc(C)cc5C)cccc4-c4c(C)cc(C)cc4C)[As]23)c(C)c1. The molecular weight excluding hydrogens is 778 g/mol. The van der Waals surface area contributed by atoms with Crippen molar-refractivity contribution >= 4 is 37.2 Å². The number of nitrogens with zero attached hydrogens (tertiary/aromatic N) is 2. The Morgan fingerprint density at radius 2 is 0.648 bits per heavy atom. The van der Waals surface area contributed by atoms with Gasteiger partial charge in [-0.2, -0.15) is 0 Å². The Balaban J connectivity index is 1.38. The monoisotopic (exact) mass is 830 g/mol. The van der Waals surface area contributed by atoms with Gasteiger partial charge in [0, 0.05) is 0 Å². The molecule has 0 aromatic heterocycles. The fraction of sp³-hybridized carbons (Fsp3) is 0.240. The summed E-state index contributed by atoms with van der Waals surface area (Å²) in [6, 6.07) is 33.1. The van der Waals surface area contributed by atoms with Crippen LogP contribution in [-0.2, 0) is 0 Å². The molecule has 2 atom stereocenters. The first-order valence-electron chi connectivity index (χ1n) is 19.2. The number of fused-ring (bicyclic) bond motifs is 1. The first-order chi connectivity index (χ1) is 25.7. The van der Waals surface area contributed by atoms with Crippen LogP contribution >= 0.6 is 0 Å². The Hall–Kier alpha value is -4.22. The van der Waals surface area contributed by atoms with E-state index in [4.69, 9.17) is 0 Å². The second-order valence-corrected chi connectivity index (χ2v) is 31.6. The van der Waals surface area contributed by atoms with E-state index in [-0.39, 0.29) is 0 Å². The molecule has 0 amide bonds. The summed E-state index contributed by atoms with van der Waals surface area (Å²) in [6.45, 7) is 27.3. The van der Waals surface area contributed by atoms with E-state index in [1.54, 1.807) is 0 Å². The zero-order valence-electron chi connectivity index (χ0n) is 34.0. The Bertz CT molecular complexity index is 2310. The molecule has 0 saturated carbocycles. The van der Waals surface area contributed by atoms with E-state index in [2.05, 4.69) is 186 Å². The summed E-state index contributed by atoms with van der Waals surface area (Å²) < 4.78 is 5.81. The standard InChI is InChI=1S/C50H52As2N2/c1-29-21-33(5)45(34(6)22-29)41-15-13-16-42(46-35(7)23-30(2)24-36(46)8)49(41)53-20-19-51-52(53)54(51)50-43(47-37(9)25-31(3)26-38(47)10)17-14-18-44(50)48-39(11)27-32(4)28-40(48)12/h13-28H,1-12H3. The van der Waals surface area contributed by atoms with Crippen molar-refractivity contribution in [3.8, 4) is 44.5 Å². The predicted octanol–water partition coefficient (Wildman–Crippen LogP) is 13.0. The third kappa shape index (κ3) is 6.11. The van der Waals surface area contributed by atoms with Crippen molar-refractivity contribution in [1.29, 1.82) is 0 Å². The Morgan fingerprint density at radius 1 is 0.370 bits per heavy atom. The number of aryl methyl sites for hydroxylation is 12. The minimum atomic E-state index is -1.73. The van der Waals surface area contributed by atoms with Gasteiger partial charge in [-0.3, -0.25) is 0 Å². The van der Waals surface area contributed by atoms with Crippen LogP contribution in [0.2, 0.25) is 0 Å². The van der Waals surface area contributed by atoms with Gasteiger partial charge in [0.15, 0.2) is 0 Å². The number of para-hydroxylation sites is 2. The summed E-state index contributed by atoms with van der Waals surface area (Å²) in [5, 5.41) is 0. The van der Waals surface area contributed by atoms with E-state index in [9.17, 15) is 0 Å². The van der Waals surface area contributed by atoms with Crippen molar-refractivity contribution in [2.24, 2.45) is 0 Å². The number of benzene rings is 6. The Labute approximate surface area is 332 Å². The maximum atomic E-state index is 2.99. The van der Waals surface area contributed by atoms with Crippen LogP contribution in [0.3, 0.4) is 0 Å². The Kier molecular flexibility index (Phi) is 9.40. The second-order valence-electron chi connectivity index (χ2n) is 16.0. The normalized spacial score (nSPS) is 16.0. The molecule has 0 spiro atoms. The van der Waals surface area contributed by atoms with Gasteiger partial charge in [0.25, 0.3) is 0 Å². The summed E-state index contributed by atoms with van der Waals surface area (Å²) >= 11 is -3.23. The molecule has 2 nitrogen and oxygen atoms in total. The molecule has 2 aliphatic heterocycles. The van der Waals surface area contributed by atoms with Gasteiger partial charge in [-0.05, 0) is 0 Å². The van der Waals surface area contributed by atoms with E-state index in [0.717, 1.165) is 0 Å². The number of rotatable bonds is 6. The molecule has 2 aliphatic rings. The summed E-state index contributed by atoms with van der Waals surface area (Å²) in [7, 11) is 0. The summed E-state index contributed by atoms with van der Waals surface area (Å²) in [4.78, 5) is 2.65. The molecular formula is C50H52As2N2. The van der Waals surface area contributed by atoms with Crippen molar-refractivity contribution in [2.75, 3.05) is 6.55 Å². The van der Waals surface area contributed by atoms with E-state index in [0.29, 0.717) is 0 Å². The third-order valence-electron chi connectivity index (χ3n) is 11.3. The van der Waals surface area contributed by atoms with Crippen LogP contribution in [0.15, 0.2) is 96.0 Å². The van der Waals surface area contributed by atoms with E-state index >= 15 is 0 Å². The van der Waals surface area contributed by atoms with Gasteiger partial charge in [-0.1, -0.05) is 0 Å². The second kappa shape index (κ2) is 13.8. The average Bonchev–Trinajstić information content (AvgIpc) is 3.60. The van der Waals surface area contributed by atoms with Crippen LogP contribution in [0, 0.1) is 83.1 Å². The van der Waals surface area contributed by atoms with Crippen LogP contribution in [0.4, 0.5) is 11.4 Å². The van der Waals surface area contributed by atoms with Gasteiger partial charge in [-0.15, -0.1) is 0 Å². The van der Waals surface area contributed by atoms with Crippen molar-refractivity contribution in [1.82, 2.24) is 0 Å². The van der Waals surface area contributed by atoms with Gasteiger partial charge in [0.2, 0.25) is 0 Å². The molecule has 6 aromatic carbocycles. The van der Waals surface area contributed by atoms with Gasteiger partial charge in [-0.25, -0.2) is 0 Å². The van der Waals surface area contributed by atoms with Crippen molar-refractivity contribution in [2.45, 2.75) is 83.1 Å². The molecule has 1 fully saturated rings. The van der Waals surface area contributed by atoms with Crippen LogP contribution in [0.5, 0.6) is 0 Å². The zero-order chi connectivity index (χ0) is 38.3. The average molecular weight is 831 g/mol. The number of hydrogen-bond acceptors (Lipinski definition) is 2. The van der Waals surface area contributed by atoms with Gasteiger partial charge >= 0.3 is 334 Å². The first-order valence-corrected chi connectivity index (χ1v) is 28.0. The van der Waals surface area contributed by atoms with Crippen molar-refractivity contribution in [3.05, 3.63) is 163 Å². The van der Waals surface area contributed by atoms with E-state index < -0.39 is 25.8 Å². The third-order valence-corrected chi connectivity index (χ3v) is 29.3. The van der Waals surface area contributed by atoms with Gasteiger partial charge in [0.05, 0.1) is 0 Å². The van der Waals surface area contributed by atoms with Crippen molar-refractivity contribution < 1.29 is 0 Å². The molecule has 54 heavy (non-hydrogen) atoms. The molecule has 2 heterocycles. The van der Waals surface area contributed by atoms with Gasteiger partial charge in [0.1, 0.15) is 0 Å². The maximum absolute atomic E-state index is 2.99. The van der Waals surface area contributed by atoms with E-state index in [1.165, 1.54) is 123 Å². The molecule has 0 bridgehead atoms. The zero-order valence-corrected chi connectivity index (χ0v) is 37.8. The fourth-order valence-electron chi connectivity index (χ4n) is 9.76. The van der Waals surface area contributed by atoms with Crippen LogP contribution in [-0.4, -0.2) is 25.8 Å². The molecule has 2 unspecified atom stereocenters. The van der Waals surface area contributed by atoms with E-state index in [1.807, 2.05) is 0 Å². The molecule has 0 aliphatic carbocycles. The topological polar surface area (TPSA) is 6.25 Å². The quantitative estimate of drug-likeness (QED) is 0.122. The molecule has 4 heteroatoms. The van der Waals surface area contributed by atoms with Crippen LogP contribution < -0.4 is 6.55 Å². The van der Waals surface area contributed by atoms with Gasteiger partial charge < -0.3 is 0 Å². The fourth-order valence-corrected chi connectivity index (χ4v) is 32.3.